The zero-order valence-corrected chi connectivity index (χ0v) is 17.7. The van der Waals surface area contributed by atoms with Crippen LogP contribution in [0.25, 0.3) is 11.0 Å². The van der Waals surface area contributed by atoms with Crippen molar-refractivity contribution in [3.8, 4) is 0 Å². The van der Waals surface area contributed by atoms with Gasteiger partial charge in [-0.05, 0) is 63.3 Å². The quantitative estimate of drug-likeness (QED) is 0.571. The Morgan fingerprint density at radius 2 is 1.80 bits per heavy atom. The molecule has 3 aromatic rings. The monoisotopic (exact) mass is 407 g/mol. The number of carbonyl (C=O) groups excluding carboxylic acids is 1. The lowest BCUT2D eigenvalue weighted by Gasteiger charge is -2.29. The Morgan fingerprint density at radius 3 is 2.40 bits per heavy atom. The second-order valence-electron chi connectivity index (χ2n) is 9.02. The van der Waals surface area contributed by atoms with Gasteiger partial charge in [0, 0.05) is 6.04 Å². The molecule has 0 saturated heterocycles. The number of aromatic nitrogens is 2. The van der Waals surface area contributed by atoms with Gasteiger partial charge in [0.1, 0.15) is 0 Å². The maximum absolute atomic E-state index is 12.8. The number of fused-ring (bicyclic) bond motifs is 1. The predicted octanol–water partition coefficient (Wildman–Crippen LogP) is 4.23. The highest BCUT2D eigenvalue weighted by atomic mass is 16.3. The minimum atomic E-state index is -1.27. The summed E-state index contributed by atoms with van der Waals surface area (Å²) in [5, 5.41) is 24.2. The normalized spacial score (nSPS) is 16.8. The average molecular weight is 408 g/mol. The summed E-state index contributed by atoms with van der Waals surface area (Å²) in [4.78, 5) is 17.5. The third kappa shape index (κ3) is 3.98. The highest BCUT2D eigenvalue weighted by Gasteiger charge is 2.30. The van der Waals surface area contributed by atoms with Gasteiger partial charge in [-0.3, -0.25) is 10.1 Å². The van der Waals surface area contributed by atoms with Gasteiger partial charge in [-0.2, -0.15) is 0 Å². The standard InChI is InChI=1S/C24H29N3O3/c1-23(2,29)17-12-13-19-20(14-17)27(18-10-7-11-18)22(25-19)26-21(28)15-24(3,30)16-8-5-4-6-9-16/h4-6,8-9,12-14,18,29-30H,7,10-11,15H2,1-3H3,(H,25,26,28). The third-order valence-electron chi connectivity index (χ3n) is 5.99. The van der Waals surface area contributed by atoms with Crippen molar-refractivity contribution in [1.82, 2.24) is 9.55 Å². The molecule has 6 nitrogen and oxygen atoms in total. The van der Waals surface area contributed by atoms with Crippen LogP contribution in [-0.2, 0) is 16.0 Å². The Hall–Kier alpha value is -2.70. The minimum absolute atomic E-state index is 0.0696. The zero-order chi connectivity index (χ0) is 21.5. The molecule has 1 amide bonds. The van der Waals surface area contributed by atoms with Crippen LogP contribution in [0.1, 0.15) is 63.6 Å². The van der Waals surface area contributed by atoms with E-state index in [9.17, 15) is 15.0 Å². The van der Waals surface area contributed by atoms with E-state index in [1.165, 1.54) is 0 Å². The van der Waals surface area contributed by atoms with Crippen molar-refractivity contribution >= 4 is 22.9 Å². The van der Waals surface area contributed by atoms with E-state index in [0.29, 0.717) is 11.5 Å². The van der Waals surface area contributed by atoms with Crippen molar-refractivity contribution < 1.29 is 15.0 Å². The SMILES string of the molecule is CC(C)(O)c1ccc2nc(NC(=O)CC(C)(O)c3ccccc3)n(C3CCC3)c2c1. The van der Waals surface area contributed by atoms with Crippen LogP contribution in [0.2, 0.25) is 0 Å². The minimum Gasteiger partial charge on any atom is -0.386 e. The molecular formula is C24H29N3O3. The van der Waals surface area contributed by atoms with E-state index in [-0.39, 0.29) is 18.4 Å². The summed E-state index contributed by atoms with van der Waals surface area (Å²) in [6.45, 7) is 5.16. The van der Waals surface area contributed by atoms with Crippen LogP contribution in [0.3, 0.4) is 0 Å². The number of nitrogens with one attached hydrogen (secondary N) is 1. The Balaban J connectivity index is 1.64. The Labute approximate surface area is 176 Å². The highest BCUT2D eigenvalue weighted by molar-refractivity contribution is 5.92. The first-order valence-corrected chi connectivity index (χ1v) is 10.5. The largest absolute Gasteiger partial charge is 0.386 e. The van der Waals surface area contributed by atoms with E-state index in [4.69, 9.17) is 0 Å². The summed E-state index contributed by atoms with van der Waals surface area (Å²) in [5.74, 6) is 0.207. The molecule has 1 aliphatic rings. The molecular weight excluding hydrogens is 378 g/mol. The van der Waals surface area contributed by atoms with E-state index < -0.39 is 11.2 Å². The molecule has 1 atom stereocenters. The lowest BCUT2D eigenvalue weighted by Crippen LogP contribution is -2.30. The van der Waals surface area contributed by atoms with Crippen LogP contribution < -0.4 is 5.32 Å². The summed E-state index contributed by atoms with van der Waals surface area (Å²) >= 11 is 0. The van der Waals surface area contributed by atoms with Crippen molar-refractivity contribution in [2.75, 3.05) is 5.32 Å². The highest BCUT2D eigenvalue weighted by Crippen LogP contribution is 2.38. The Kier molecular flexibility index (Phi) is 5.16. The fourth-order valence-corrected chi connectivity index (χ4v) is 3.96. The molecule has 158 valence electrons. The van der Waals surface area contributed by atoms with Gasteiger partial charge in [-0.25, -0.2) is 4.98 Å². The van der Waals surface area contributed by atoms with E-state index >= 15 is 0 Å². The average Bonchev–Trinajstić information content (AvgIpc) is 2.97. The van der Waals surface area contributed by atoms with E-state index in [0.717, 1.165) is 35.9 Å². The fraction of sp³-hybridized carbons (Fsp3) is 0.417. The fourth-order valence-electron chi connectivity index (χ4n) is 3.96. The first-order chi connectivity index (χ1) is 14.1. The van der Waals surface area contributed by atoms with Gasteiger partial charge in [0.2, 0.25) is 11.9 Å². The number of carbonyl (C=O) groups is 1. The molecule has 1 aliphatic carbocycles. The number of amides is 1. The van der Waals surface area contributed by atoms with Crippen LogP contribution in [0, 0.1) is 0 Å². The van der Waals surface area contributed by atoms with Crippen molar-refractivity contribution in [3.63, 3.8) is 0 Å². The molecule has 0 aliphatic heterocycles. The second-order valence-corrected chi connectivity index (χ2v) is 9.02. The summed E-state index contributed by atoms with van der Waals surface area (Å²) < 4.78 is 2.07. The molecule has 1 unspecified atom stereocenters. The summed E-state index contributed by atoms with van der Waals surface area (Å²) in [6, 6.07) is 15.2. The second kappa shape index (κ2) is 7.52. The molecule has 6 heteroatoms. The molecule has 0 bridgehead atoms. The van der Waals surface area contributed by atoms with Crippen LogP contribution in [-0.4, -0.2) is 25.7 Å². The molecule has 1 saturated carbocycles. The Bertz CT molecular complexity index is 1060. The molecule has 2 aromatic carbocycles. The lowest BCUT2D eigenvalue weighted by atomic mass is 9.92. The maximum Gasteiger partial charge on any atom is 0.229 e. The topological polar surface area (TPSA) is 87.4 Å². The number of rotatable bonds is 6. The van der Waals surface area contributed by atoms with Gasteiger partial charge >= 0.3 is 0 Å². The smallest absolute Gasteiger partial charge is 0.229 e. The molecule has 1 heterocycles. The van der Waals surface area contributed by atoms with Gasteiger partial charge < -0.3 is 14.8 Å². The summed E-state index contributed by atoms with van der Waals surface area (Å²) in [7, 11) is 0. The maximum atomic E-state index is 12.8. The van der Waals surface area contributed by atoms with Gasteiger partial charge in [-0.15, -0.1) is 0 Å². The summed E-state index contributed by atoms with van der Waals surface area (Å²) in [6.07, 6.45) is 3.14. The molecule has 1 fully saturated rings. The van der Waals surface area contributed by atoms with Crippen LogP contribution in [0.4, 0.5) is 5.95 Å². The Morgan fingerprint density at radius 1 is 1.10 bits per heavy atom. The number of benzene rings is 2. The number of anilines is 1. The van der Waals surface area contributed by atoms with Crippen LogP contribution >= 0.6 is 0 Å². The molecule has 0 spiro atoms. The number of aliphatic hydroxyl groups is 2. The van der Waals surface area contributed by atoms with Gasteiger partial charge in [0.25, 0.3) is 0 Å². The van der Waals surface area contributed by atoms with Gasteiger partial charge in [0.15, 0.2) is 0 Å². The van der Waals surface area contributed by atoms with E-state index in [2.05, 4.69) is 14.9 Å². The van der Waals surface area contributed by atoms with Crippen LogP contribution in [0.15, 0.2) is 48.5 Å². The molecule has 4 rings (SSSR count). The summed E-state index contributed by atoms with van der Waals surface area (Å²) in [5.41, 5.74) is 0.959. The van der Waals surface area contributed by atoms with Crippen molar-refractivity contribution in [1.29, 1.82) is 0 Å². The molecule has 0 radical (unpaired) electrons. The third-order valence-corrected chi connectivity index (χ3v) is 5.99. The van der Waals surface area contributed by atoms with Crippen LogP contribution in [0.5, 0.6) is 0 Å². The van der Waals surface area contributed by atoms with E-state index in [1.54, 1.807) is 20.8 Å². The van der Waals surface area contributed by atoms with Gasteiger partial charge in [0.05, 0.1) is 28.7 Å². The number of nitrogens with zero attached hydrogens (tertiary/aromatic N) is 2. The first kappa shape index (κ1) is 20.6. The predicted molar refractivity (Wildman–Crippen MR) is 117 cm³/mol. The molecule has 30 heavy (non-hydrogen) atoms. The lowest BCUT2D eigenvalue weighted by molar-refractivity contribution is -0.120. The molecule has 1 aromatic heterocycles. The van der Waals surface area contributed by atoms with Gasteiger partial charge in [-0.1, -0.05) is 36.4 Å². The van der Waals surface area contributed by atoms with Crippen molar-refractivity contribution in [2.24, 2.45) is 0 Å². The number of hydrogen-bond acceptors (Lipinski definition) is 4. The van der Waals surface area contributed by atoms with Crippen molar-refractivity contribution in [2.45, 2.75) is 63.7 Å². The first-order valence-electron chi connectivity index (χ1n) is 10.5. The van der Waals surface area contributed by atoms with Crippen molar-refractivity contribution in [3.05, 3.63) is 59.7 Å². The molecule has 3 N–H and O–H groups in total. The zero-order valence-electron chi connectivity index (χ0n) is 17.7. The number of imidazole rings is 1. The number of hydrogen-bond donors (Lipinski definition) is 3. The van der Waals surface area contributed by atoms with E-state index in [1.807, 2.05) is 48.5 Å².